The average Bonchev–Trinajstić information content (AvgIpc) is 2.16. The highest BCUT2D eigenvalue weighted by molar-refractivity contribution is 7.80. The van der Waals surface area contributed by atoms with Crippen molar-refractivity contribution in [1.82, 2.24) is 4.90 Å². The lowest BCUT2D eigenvalue weighted by Gasteiger charge is -2.05. The predicted octanol–water partition coefficient (Wildman–Crippen LogP) is 1.97. The minimum atomic E-state index is 0.463. The van der Waals surface area contributed by atoms with Gasteiger partial charge in [-0.05, 0) is 24.4 Å². The van der Waals surface area contributed by atoms with Crippen molar-refractivity contribution < 1.29 is 0 Å². The maximum atomic E-state index is 5.02. The summed E-state index contributed by atoms with van der Waals surface area (Å²) in [5.74, 6) is 0. The lowest BCUT2D eigenvalue weighted by Crippen LogP contribution is -2.12. The van der Waals surface area contributed by atoms with E-state index in [0.29, 0.717) is 5.11 Å². The van der Waals surface area contributed by atoms with Crippen LogP contribution in [-0.2, 0) is 0 Å². The quantitative estimate of drug-likeness (QED) is 0.456. The Bertz CT molecular complexity index is 319. The van der Waals surface area contributed by atoms with E-state index in [1.54, 1.807) is 6.34 Å². The number of anilines is 1. The monoisotopic (exact) mass is 207 g/mol. The van der Waals surface area contributed by atoms with Crippen LogP contribution in [-0.4, -0.2) is 30.4 Å². The Balaban J connectivity index is 2.50. The summed E-state index contributed by atoms with van der Waals surface area (Å²) in [6, 6.07) is 9.73. The summed E-state index contributed by atoms with van der Waals surface area (Å²) in [4.78, 5) is 5.87. The van der Waals surface area contributed by atoms with Crippen LogP contribution in [0.15, 0.2) is 35.3 Å². The largest absolute Gasteiger partial charge is 0.369 e. The number of thiocarbonyl (C=S) groups is 1. The molecular formula is C10H13N3S. The maximum Gasteiger partial charge on any atom is 0.198 e. The Hall–Kier alpha value is -1.42. The number of hydrogen-bond donors (Lipinski definition) is 1. The van der Waals surface area contributed by atoms with Gasteiger partial charge in [-0.2, -0.15) is 0 Å². The van der Waals surface area contributed by atoms with Crippen molar-refractivity contribution in [3.05, 3.63) is 30.3 Å². The summed E-state index contributed by atoms with van der Waals surface area (Å²) >= 11 is 5.02. The summed E-state index contributed by atoms with van der Waals surface area (Å²) in [7, 11) is 3.79. The van der Waals surface area contributed by atoms with Crippen LogP contribution in [0.1, 0.15) is 0 Å². The van der Waals surface area contributed by atoms with Gasteiger partial charge in [0.05, 0.1) is 6.34 Å². The second-order valence-corrected chi connectivity index (χ2v) is 3.39. The third-order valence-corrected chi connectivity index (χ3v) is 1.64. The van der Waals surface area contributed by atoms with Gasteiger partial charge in [0.25, 0.3) is 0 Å². The van der Waals surface area contributed by atoms with Crippen LogP contribution in [0.5, 0.6) is 0 Å². The van der Waals surface area contributed by atoms with Gasteiger partial charge < -0.3 is 10.2 Å². The van der Waals surface area contributed by atoms with Gasteiger partial charge in [-0.25, -0.2) is 4.99 Å². The zero-order valence-electron chi connectivity index (χ0n) is 8.27. The molecule has 14 heavy (non-hydrogen) atoms. The van der Waals surface area contributed by atoms with E-state index in [1.807, 2.05) is 49.3 Å². The van der Waals surface area contributed by atoms with Gasteiger partial charge >= 0.3 is 0 Å². The fourth-order valence-electron chi connectivity index (χ4n) is 0.845. The molecule has 0 aliphatic heterocycles. The molecule has 4 heteroatoms. The summed E-state index contributed by atoms with van der Waals surface area (Å²) < 4.78 is 0. The van der Waals surface area contributed by atoms with Gasteiger partial charge in [0.2, 0.25) is 0 Å². The molecule has 1 aromatic rings. The number of aliphatic imine (C=N–C) groups is 1. The molecular weight excluding hydrogens is 194 g/mol. The molecule has 0 bridgehead atoms. The van der Waals surface area contributed by atoms with Gasteiger partial charge in [0.15, 0.2) is 5.11 Å². The van der Waals surface area contributed by atoms with Crippen molar-refractivity contribution in [3.63, 3.8) is 0 Å². The smallest absolute Gasteiger partial charge is 0.198 e. The summed E-state index contributed by atoms with van der Waals surface area (Å²) in [6.45, 7) is 0. The van der Waals surface area contributed by atoms with Crippen LogP contribution >= 0.6 is 12.2 Å². The lowest BCUT2D eigenvalue weighted by molar-refractivity contribution is 0.644. The van der Waals surface area contributed by atoms with E-state index in [9.17, 15) is 0 Å². The zero-order chi connectivity index (χ0) is 10.4. The van der Waals surface area contributed by atoms with E-state index >= 15 is 0 Å². The summed E-state index contributed by atoms with van der Waals surface area (Å²) in [5, 5.41) is 3.47. The fraction of sp³-hybridized carbons (Fsp3) is 0.200. The molecule has 0 spiro atoms. The zero-order valence-corrected chi connectivity index (χ0v) is 9.08. The SMILES string of the molecule is CN(C)/C=N/C(=S)Nc1ccccc1. The molecule has 0 saturated carbocycles. The van der Waals surface area contributed by atoms with Gasteiger partial charge in [-0.15, -0.1) is 0 Å². The van der Waals surface area contributed by atoms with Gasteiger partial charge in [-0.1, -0.05) is 18.2 Å². The first-order valence-electron chi connectivity index (χ1n) is 4.25. The highest BCUT2D eigenvalue weighted by Gasteiger charge is 1.92. The van der Waals surface area contributed by atoms with Crippen molar-refractivity contribution >= 4 is 29.4 Å². The normalized spacial score (nSPS) is 10.1. The molecule has 0 fully saturated rings. The summed E-state index contributed by atoms with van der Waals surface area (Å²) in [6.07, 6.45) is 1.66. The van der Waals surface area contributed by atoms with Crippen molar-refractivity contribution in [1.29, 1.82) is 0 Å². The number of para-hydroxylation sites is 1. The molecule has 1 N–H and O–H groups in total. The van der Waals surface area contributed by atoms with Gasteiger partial charge in [0.1, 0.15) is 0 Å². The Morgan fingerprint density at radius 2 is 2.00 bits per heavy atom. The van der Waals surface area contributed by atoms with Crippen molar-refractivity contribution in [2.75, 3.05) is 19.4 Å². The molecule has 0 atom stereocenters. The molecule has 1 rings (SSSR count). The Morgan fingerprint density at radius 3 is 2.57 bits per heavy atom. The molecule has 0 unspecified atom stereocenters. The maximum absolute atomic E-state index is 5.02. The highest BCUT2D eigenvalue weighted by atomic mass is 32.1. The van der Waals surface area contributed by atoms with Crippen LogP contribution in [0, 0.1) is 0 Å². The first kappa shape index (κ1) is 10.7. The number of hydrogen-bond acceptors (Lipinski definition) is 1. The Labute approximate surface area is 89.5 Å². The van der Waals surface area contributed by atoms with E-state index in [1.165, 1.54) is 0 Å². The van der Waals surface area contributed by atoms with Crippen molar-refractivity contribution in [2.24, 2.45) is 4.99 Å². The van der Waals surface area contributed by atoms with Crippen molar-refractivity contribution in [2.45, 2.75) is 0 Å². The topological polar surface area (TPSA) is 27.6 Å². The molecule has 0 heterocycles. The fourth-order valence-corrected chi connectivity index (χ4v) is 1.01. The predicted molar refractivity (Wildman–Crippen MR) is 64.8 cm³/mol. The molecule has 1 aromatic carbocycles. The van der Waals surface area contributed by atoms with E-state index in [4.69, 9.17) is 12.2 Å². The first-order valence-corrected chi connectivity index (χ1v) is 4.66. The standard InChI is InChI=1S/C10H13N3S/c1-13(2)8-11-10(14)12-9-6-4-3-5-7-9/h3-8H,1-2H3,(H,12,14)/b11-8+. The molecule has 0 radical (unpaired) electrons. The summed E-state index contributed by atoms with van der Waals surface area (Å²) in [5.41, 5.74) is 0.952. The molecule has 0 aromatic heterocycles. The van der Waals surface area contributed by atoms with E-state index in [2.05, 4.69) is 10.3 Å². The second-order valence-electron chi connectivity index (χ2n) is 3.00. The number of nitrogens with zero attached hydrogens (tertiary/aromatic N) is 2. The molecule has 74 valence electrons. The van der Waals surface area contributed by atoms with Crippen LogP contribution in [0.4, 0.5) is 5.69 Å². The highest BCUT2D eigenvalue weighted by Crippen LogP contribution is 2.04. The second kappa shape index (κ2) is 5.34. The minimum Gasteiger partial charge on any atom is -0.369 e. The molecule has 0 amide bonds. The molecule has 0 saturated heterocycles. The van der Waals surface area contributed by atoms with Crippen LogP contribution < -0.4 is 5.32 Å². The van der Waals surface area contributed by atoms with Crippen LogP contribution in [0.25, 0.3) is 0 Å². The average molecular weight is 207 g/mol. The van der Waals surface area contributed by atoms with Gasteiger partial charge in [0, 0.05) is 19.8 Å². The number of benzene rings is 1. The Kier molecular flexibility index (Phi) is 4.07. The first-order chi connectivity index (χ1) is 6.68. The van der Waals surface area contributed by atoms with E-state index in [0.717, 1.165) is 5.69 Å². The number of rotatable bonds is 2. The third kappa shape index (κ3) is 4.00. The van der Waals surface area contributed by atoms with Gasteiger partial charge in [-0.3, -0.25) is 0 Å². The Morgan fingerprint density at radius 1 is 1.36 bits per heavy atom. The van der Waals surface area contributed by atoms with Crippen molar-refractivity contribution in [3.8, 4) is 0 Å². The third-order valence-electron chi connectivity index (χ3n) is 1.43. The molecule has 0 aliphatic rings. The van der Waals surface area contributed by atoms with Crippen LogP contribution in [0.2, 0.25) is 0 Å². The molecule has 0 aliphatic carbocycles. The van der Waals surface area contributed by atoms with Crippen LogP contribution in [0.3, 0.4) is 0 Å². The lowest BCUT2D eigenvalue weighted by atomic mass is 10.3. The molecule has 3 nitrogen and oxygen atoms in total. The number of nitrogens with one attached hydrogen (secondary N) is 1. The minimum absolute atomic E-state index is 0.463. The van der Waals surface area contributed by atoms with E-state index < -0.39 is 0 Å². The van der Waals surface area contributed by atoms with E-state index in [-0.39, 0.29) is 0 Å².